The zero-order chi connectivity index (χ0) is 27.2. The largest absolute Gasteiger partial charge is 0.516 e. The maximum atomic E-state index is 12.7. The van der Waals surface area contributed by atoms with Gasteiger partial charge in [0.25, 0.3) is 0 Å². The van der Waals surface area contributed by atoms with E-state index in [0.29, 0.717) is 23.9 Å². The minimum absolute atomic E-state index is 0.0987. The Labute approximate surface area is 205 Å². The molecule has 1 aromatic heterocycles. The number of fused-ring (bicyclic) bond motifs is 1. The highest BCUT2D eigenvalue weighted by molar-refractivity contribution is 7.93. The fourth-order valence-corrected chi connectivity index (χ4v) is 4.78. The van der Waals surface area contributed by atoms with Gasteiger partial charge in [0.2, 0.25) is 5.91 Å². The predicted molar refractivity (Wildman–Crippen MR) is 121 cm³/mol. The van der Waals surface area contributed by atoms with Gasteiger partial charge in [0.05, 0.1) is 28.7 Å². The number of alkyl halides is 6. The first-order valence-electron chi connectivity index (χ1n) is 10.9. The molecule has 2 N–H and O–H groups in total. The third-order valence-corrected chi connectivity index (χ3v) is 7.21. The molecule has 1 saturated heterocycles. The summed E-state index contributed by atoms with van der Waals surface area (Å²) in [4.78, 5) is 29.3. The number of carbonyl (C=O) groups is 1. The molecule has 1 aliphatic rings. The molecule has 37 heavy (non-hydrogen) atoms. The molecule has 15 heteroatoms. The Balaban J connectivity index is 1.46. The molecule has 1 aliphatic heterocycles. The van der Waals surface area contributed by atoms with Gasteiger partial charge in [-0.05, 0) is 48.7 Å². The Bertz CT molecular complexity index is 1470. The smallest absolute Gasteiger partial charge is 0.342 e. The molecule has 2 aromatic carbocycles. The summed E-state index contributed by atoms with van der Waals surface area (Å²) in [5.41, 5.74) is -6.34. The van der Waals surface area contributed by atoms with Crippen LogP contribution < -0.4 is 10.4 Å². The Kier molecular flexibility index (Phi) is 6.77. The molecule has 2 heterocycles. The third-order valence-electron chi connectivity index (χ3n) is 6.09. The number of amides is 1. The first-order valence-corrected chi connectivity index (χ1v) is 12.4. The number of anilines is 1. The standard InChI is InChI=1S/C22H20F6N4O4S/c23-21(24,25)14-3-1-13(2-4-14)11-19(33)31-9-7-16(8-10-31)32-18-12-15(5-6-17(18)29-20(32)34)30-37(35,36)22(26,27)28/h1-6,12,16,30H,7-11H2,(H,29,34). The second kappa shape index (κ2) is 9.43. The van der Waals surface area contributed by atoms with Gasteiger partial charge in [-0.15, -0.1) is 0 Å². The average Bonchev–Trinajstić information content (AvgIpc) is 3.13. The van der Waals surface area contributed by atoms with Crippen LogP contribution in [0.5, 0.6) is 0 Å². The zero-order valence-corrected chi connectivity index (χ0v) is 19.7. The van der Waals surface area contributed by atoms with E-state index in [2.05, 4.69) is 4.98 Å². The van der Waals surface area contributed by atoms with Crippen LogP contribution >= 0.6 is 0 Å². The topological polar surface area (TPSA) is 104 Å². The highest BCUT2D eigenvalue weighted by atomic mass is 32.2. The van der Waals surface area contributed by atoms with Gasteiger partial charge < -0.3 is 9.88 Å². The van der Waals surface area contributed by atoms with Gasteiger partial charge in [-0.1, -0.05) is 12.1 Å². The number of sulfonamides is 1. The van der Waals surface area contributed by atoms with Crippen LogP contribution in [0.15, 0.2) is 47.3 Å². The second-order valence-electron chi connectivity index (χ2n) is 8.57. The fourth-order valence-electron chi connectivity index (χ4n) is 4.23. The van der Waals surface area contributed by atoms with E-state index in [-0.39, 0.29) is 36.6 Å². The third kappa shape index (κ3) is 5.60. The molecule has 0 radical (unpaired) electrons. The fraction of sp³-hybridized carbons (Fsp3) is 0.364. The van der Waals surface area contributed by atoms with Crippen molar-refractivity contribution in [3.05, 3.63) is 64.1 Å². The summed E-state index contributed by atoms with van der Waals surface area (Å²) >= 11 is 0. The number of imidazole rings is 1. The number of piperidine rings is 1. The van der Waals surface area contributed by atoms with E-state index >= 15 is 0 Å². The van der Waals surface area contributed by atoms with Crippen LogP contribution in [0.1, 0.15) is 30.0 Å². The van der Waals surface area contributed by atoms with Crippen LogP contribution in [0.4, 0.5) is 32.0 Å². The lowest BCUT2D eigenvalue weighted by atomic mass is 10.0. The van der Waals surface area contributed by atoms with E-state index < -0.39 is 39.0 Å². The number of halogens is 6. The quantitative estimate of drug-likeness (QED) is 0.469. The molecule has 8 nitrogen and oxygen atoms in total. The summed E-state index contributed by atoms with van der Waals surface area (Å²) in [7, 11) is -5.65. The van der Waals surface area contributed by atoms with Gasteiger partial charge in [-0.2, -0.15) is 34.8 Å². The lowest BCUT2D eigenvalue weighted by molar-refractivity contribution is -0.137. The van der Waals surface area contributed by atoms with E-state index in [1.807, 2.05) is 0 Å². The number of hydrogen-bond acceptors (Lipinski definition) is 4. The first-order chi connectivity index (χ1) is 17.2. The first kappa shape index (κ1) is 26.6. The summed E-state index contributed by atoms with van der Waals surface area (Å²) in [5, 5.41) is 0. The Morgan fingerprint density at radius 1 is 1.00 bits per heavy atom. The van der Waals surface area contributed by atoms with Crippen molar-refractivity contribution in [2.75, 3.05) is 17.8 Å². The van der Waals surface area contributed by atoms with Crippen molar-refractivity contribution in [2.24, 2.45) is 0 Å². The van der Waals surface area contributed by atoms with E-state index in [1.54, 1.807) is 0 Å². The summed E-state index contributed by atoms with van der Waals surface area (Å²) in [6, 6.07) is 7.36. The Morgan fingerprint density at radius 3 is 2.19 bits per heavy atom. The molecule has 1 fully saturated rings. The van der Waals surface area contributed by atoms with E-state index in [9.17, 15) is 44.3 Å². The number of aromatic amines is 1. The number of nitrogens with zero attached hydrogens (tertiary/aromatic N) is 2. The molecule has 4 rings (SSSR count). The summed E-state index contributed by atoms with van der Waals surface area (Å²) in [6.45, 7) is 0.479. The van der Waals surface area contributed by atoms with Crippen molar-refractivity contribution in [1.29, 1.82) is 0 Å². The Hall–Kier alpha value is -3.49. The van der Waals surface area contributed by atoms with E-state index in [4.69, 9.17) is 0 Å². The Morgan fingerprint density at radius 2 is 1.62 bits per heavy atom. The van der Waals surface area contributed by atoms with Crippen molar-refractivity contribution in [3.63, 3.8) is 0 Å². The lowest BCUT2D eigenvalue weighted by Gasteiger charge is -2.32. The van der Waals surface area contributed by atoms with Crippen molar-refractivity contribution in [3.8, 4) is 0 Å². The molecule has 0 bridgehead atoms. The monoisotopic (exact) mass is 550 g/mol. The van der Waals surface area contributed by atoms with Crippen LogP contribution in [0.3, 0.4) is 0 Å². The van der Waals surface area contributed by atoms with Crippen molar-refractivity contribution in [2.45, 2.75) is 37.0 Å². The molecular weight excluding hydrogens is 530 g/mol. The zero-order valence-electron chi connectivity index (χ0n) is 18.9. The molecule has 0 spiro atoms. The van der Waals surface area contributed by atoms with Gasteiger partial charge >= 0.3 is 27.4 Å². The lowest BCUT2D eigenvalue weighted by Crippen LogP contribution is -2.41. The molecule has 0 saturated carbocycles. The number of nitrogens with one attached hydrogen (secondary N) is 2. The highest BCUT2D eigenvalue weighted by Crippen LogP contribution is 2.31. The van der Waals surface area contributed by atoms with Gasteiger partial charge in [0.15, 0.2) is 0 Å². The summed E-state index contributed by atoms with van der Waals surface area (Å²) in [5.74, 6) is -0.298. The number of likely N-dealkylation sites (tertiary alicyclic amines) is 1. The number of aromatic nitrogens is 2. The number of hydrogen-bond donors (Lipinski definition) is 2. The number of rotatable bonds is 5. The van der Waals surface area contributed by atoms with E-state index in [0.717, 1.165) is 24.3 Å². The maximum absolute atomic E-state index is 12.7. The SMILES string of the molecule is O=C(Cc1ccc(C(F)(F)F)cc1)N1CCC(n2c(=O)[nH]c3ccc(NS(=O)(=O)C(F)(F)F)cc32)CC1. The molecule has 3 aromatic rings. The van der Waals surface area contributed by atoms with Crippen LogP contribution in [0.2, 0.25) is 0 Å². The van der Waals surface area contributed by atoms with Gasteiger partial charge in [-0.25, -0.2) is 4.79 Å². The van der Waals surface area contributed by atoms with Crippen molar-refractivity contribution in [1.82, 2.24) is 14.5 Å². The number of benzene rings is 2. The van der Waals surface area contributed by atoms with Crippen LogP contribution in [-0.4, -0.2) is 47.4 Å². The van der Waals surface area contributed by atoms with Crippen molar-refractivity contribution >= 4 is 32.7 Å². The van der Waals surface area contributed by atoms with Gasteiger partial charge in [0, 0.05) is 19.1 Å². The highest BCUT2D eigenvalue weighted by Gasteiger charge is 2.46. The minimum atomic E-state index is -5.65. The second-order valence-corrected chi connectivity index (χ2v) is 10.2. The van der Waals surface area contributed by atoms with Crippen molar-refractivity contribution < 1.29 is 39.6 Å². The van der Waals surface area contributed by atoms with Gasteiger partial charge in [0.1, 0.15) is 0 Å². The van der Waals surface area contributed by atoms with Crippen LogP contribution in [-0.2, 0) is 27.4 Å². The number of carbonyl (C=O) groups excluding carboxylic acids is 1. The van der Waals surface area contributed by atoms with Crippen LogP contribution in [0, 0.1) is 0 Å². The molecule has 0 atom stereocenters. The number of H-pyrrole nitrogens is 1. The summed E-state index contributed by atoms with van der Waals surface area (Å²) in [6.07, 6.45) is -3.93. The molecule has 0 aliphatic carbocycles. The van der Waals surface area contributed by atoms with Gasteiger partial charge in [-0.3, -0.25) is 14.1 Å². The van der Waals surface area contributed by atoms with E-state index in [1.165, 1.54) is 32.4 Å². The molecule has 1 amide bonds. The van der Waals surface area contributed by atoms with Crippen LogP contribution in [0.25, 0.3) is 11.0 Å². The minimum Gasteiger partial charge on any atom is -0.342 e. The molecule has 0 unspecified atom stereocenters. The normalized spacial score (nSPS) is 15.8. The average molecular weight is 550 g/mol. The predicted octanol–water partition coefficient (Wildman–Crippen LogP) is 4.02. The summed E-state index contributed by atoms with van der Waals surface area (Å²) < 4.78 is 102. The molecular formula is C22H20F6N4O4S. The molecule has 200 valence electrons. The maximum Gasteiger partial charge on any atom is 0.516 e.